The van der Waals surface area contributed by atoms with Crippen molar-refractivity contribution >= 4 is 12.1 Å². The number of nitrogens with zero attached hydrogens (tertiary/aromatic N) is 5. The number of carbonyl (C=O) groups excluding carboxylic acids is 1. The molecule has 3 aromatic heterocycles. The van der Waals surface area contributed by atoms with Crippen LogP contribution in [0.5, 0.6) is 0 Å². The van der Waals surface area contributed by atoms with Crippen LogP contribution in [0.3, 0.4) is 0 Å². The molecule has 0 aromatic carbocycles. The summed E-state index contributed by atoms with van der Waals surface area (Å²) in [6.45, 7) is 1.83. The van der Waals surface area contributed by atoms with Crippen LogP contribution >= 0.6 is 0 Å². The summed E-state index contributed by atoms with van der Waals surface area (Å²) in [5.74, 6) is 0.256. The number of amides is 1. The summed E-state index contributed by atoms with van der Waals surface area (Å²) in [5, 5.41) is 6.41. The minimum absolute atomic E-state index is 0.0817. The molecule has 0 atom stereocenters. The van der Waals surface area contributed by atoms with Crippen LogP contribution in [-0.4, -0.2) is 36.1 Å². The number of H-pyrrole nitrogens is 1. The predicted octanol–water partition coefficient (Wildman–Crippen LogP) is 0.213. The van der Waals surface area contributed by atoms with Crippen molar-refractivity contribution in [3.8, 4) is 5.95 Å². The Morgan fingerprint density at radius 2 is 2.22 bits per heavy atom. The van der Waals surface area contributed by atoms with Gasteiger partial charge in [0.1, 0.15) is 5.69 Å². The van der Waals surface area contributed by atoms with E-state index in [9.17, 15) is 9.59 Å². The largest absolute Gasteiger partial charge is 0.323 e. The number of nitrogens with one attached hydrogen (secondary N) is 2. The first-order valence-corrected chi connectivity index (χ1v) is 6.78. The predicted molar refractivity (Wildman–Crippen MR) is 81.2 cm³/mol. The maximum Gasteiger partial charge on any atom is 0.276 e. The second-order valence-electron chi connectivity index (χ2n) is 4.75. The third kappa shape index (κ3) is 3.12. The Kier molecular flexibility index (Phi) is 3.91. The first-order valence-electron chi connectivity index (χ1n) is 6.78. The molecule has 116 valence electrons. The Labute approximate surface area is 130 Å². The second kappa shape index (κ2) is 6.18. The fourth-order valence-electron chi connectivity index (χ4n) is 2.03. The van der Waals surface area contributed by atoms with E-state index in [1.54, 1.807) is 30.9 Å². The zero-order chi connectivity index (χ0) is 16.2. The number of hydrogen-bond acceptors (Lipinski definition) is 6. The van der Waals surface area contributed by atoms with Crippen molar-refractivity contribution in [1.82, 2.24) is 29.7 Å². The lowest BCUT2D eigenvalue weighted by Crippen LogP contribution is -2.21. The van der Waals surface area contributed by atoms with Gasteiger partial charge in [-0.2, -0.15) is 5.10 Å². The molecule has 0 fully saturated rings. The van der Waals surface area contributed by atoms with E-state index in [4.69, 9.17) is 0 Å². The first-order chi connectivity index (χ1) is 11.2. The van der Waals surface area contributed by atoms with Gasteiger partial charge in [-0.1, -0.05) is 0 Å². The van der Waals surface area contributed by atoms with E-state index in [-0.39, 0.29) is 18.1 Å². The molecule has 23 heavy (non-hydrogen) atoms. The maximum absolute atomic E-state index is 12.2. The third-order valence-corrected chi connectivity index (χ3v) is 3.09. The van der Waals surface area contributed by atoms with Crippen LogP contribution in [0.1, 0.15) is 17.1 Å². The molecule has 0 unspecified atom stereocenters. The van der Waals surface area contributed by atoms with Crippen molar-refractivity contribution in [2.75, 3.05) is 5.32 Å². The summed E-state index contributed by atoms with van der Waals surface area (Å²) in [7, 11) is 0. The van der Waals surface area contributed by atoms with Crippen LogP contribution in [0.15, 0.2) is 35.6 Å². The molecule has 0 aliphatic rings. The summed E-state index contributed by atoms with van der Waals surface area (Å²) in [4.78, 5) is 38.3. The number of aryl methyl sites for hydroxylation is 1. The molecule has 0 radical (unpaired) electrons. The molecule has 3 aromatic rings. The molecule has 3 heterocycles. The van der Waals surface area contributed by atoms with E-state index < -0.39 is 5.56 Å². The van der Waals surface area contributed by atoms with Gasteiger partial charge >= 0.3 is 0 Å². The lowest BCUT2D eigenvalue weighted by molar-refractivity contribution is -0.105. The van der Waals surface area contributed by atoms with E-state index >= 15 is 0 Å². The van der Waals surface area contributed by atoms with Gasteiger partial charge in [-0.05, 0) is 13.0 Å². The third-order valence-electron chi connectivity index (χ3n) is 3.09. The Morgan fingerprint density at radius 3 is 2.87 bits per heavy atom. The topological polar surface area (TPSA) is 118 Å². The highest BCUT2D eigenvalue weighted by Gasteiger charge is 2.14. The molecule has 9 heteroatoms. The number of aromatic amines is 1. The zero-order valence-electron chi connectivity index (χ0n) is 12.2. The van der Waals surface area contributed by atoms with Gasteiger partial charge in [-0.15, -0.1) is 0 Å². The van der Waals surface area contributed by atoms with Crippen LogP contribution < -0.4 is 10.9 Å². The number of hydrogen-bond donors (Lipinski definition) is 2. The van der Waals surface area contributed by atoms with Crippen LogP contribution in [0.2, 0.25) is 0 Å². The number of carbonyl (C=O) groups is 1. The summed E-state index contributed by atoms with van der Waals surface area (Å²) < 4.78 is 1.43. The lowest BCUT2D eigenvalue weighted by atomic mass is 10.2. The second-order valence-corrected chi connectivity index (χ2v) is 4.75. The molecule has 3 rings (SSSR count). The Hall–Kier alpha value is -3.36. The van der Waals surface area contributed by atoms with Crippen molar-refractivity contribution in [1.29, 1.82) is 0 Å². The normalized spacial score (nSPS) is 10.5. The Balaban J connectivity index is 2.06. The molecule has 0 aliphatic carbocycles. The highest BCUT2D eigenvalue weighted by atomic mass is 16.1. The molecular formula is C14H13N7O2. The summed E-state index contributed by atoms with van der Waals surface area (Å²) >= 11 is 0. The van der Waals surface area contributed by atoms with Gasteiger partial charge in [0.25, 0.3) is 5.56 Å². The molecule has 0 saturated carbocycles. The monoisotopic (exact) mass is 311 g/mol. The van der Waals surface area contributed by atoms with Crippen LogP contribution in [-0.2, 0) is 11.2 Å². The molecule has 2 N–H and O–H groups in total. The van der Waals surface area contributed by atoms with Crippen molar-refractivity contribution < 1.29 is 4.79 Å². The van der Waals surface area contributed by atoms with E-state index in [1.807, 2.05) is 6.92 Å². The summed E-state index contributed by atoms with van der Waals surface area (Å²) in [5.41, 5.74) is 1.42. The van der Waals surface area contributed by atoms with Gasteiger partial charge in [-0.3, -0.25) is 24.5 Å². The fraction of sp³-hybridized carbons (Fsp3) is 0.143. The van der Waals surface area contributed by atoms with Crippen LogP contribution in [0, 0.1) is 6.92 Å². The molecule has 1 amide bonds. The summed E-state index contributed by atoms with van der Waals surface area (Å²) in [6.07, 6.45) is 7.15. The van der Waals surface area contributed by atoms with Gasteiger partial charge in [-0.25, -0.2) is 9.67 Å². The van der Waals surface area contributed by atoms with Crippen molar-refractivity contribution in [3.05, 3.63) is 58.3 Å². The van der Waals surface area contributed by atoms with Gasteiger partial charge < -0.3 is 5.32 Å². The zero-order valence-corrected chi connectivity index (χ0v) is 12.2. The van der Waals surface area contributed by atoms with Crippen molar-refractivity contribution in [2.45, 2.75) is 13.3 Å². The van der Waals surface area contributed by atoms with Crippen molar-refractivity contribution in [2.24, 2.45) is 0 Å². The van der Waals surface area contributed by atoms with Crippen molar-refractivity contribution in [3.63, 3.8) is 0 Å². The Morgan fingerprint density at radius 1 is 1.35 bits per heavy atom. The van der Waals surface area contributed by atoms with Crippen LogP contribution in [0.25, 0.3) is 5.95 Å². The van der Waals surface area contributed by atoms with Gasteiger partial charge in [0.05, 0.1) is 17.1 Å². The molecule has 0 saturated heterocycles. The minimum atomic E-state index is -0.465. The van der Waals surface area contributed by atoms with E-state index in [0.717, 1.165) is 5.69 Å². The molecular weight excluding hydrogens is 298 g/mol. The SMILES string of the molecule is Cc1cnc(Cc2nc(-n3cccn3)[nH]c(=O)c2NC=O)cn1. The molecule has 0 bridgehead atoms. The number of anilines is 1. The number of rotatable bonds is 5. The molecule has 0 spiro atoms. The first kappa shape index (κ1) is 14.6. The standard InChI is InChI=1S/C14H13N7O2/c1-9-6-16-10(7-15-9)5-11-12(17-8-22)13(23)20-14(19-11)21-4-2-3-18-21/h2-4,6-8H,5H2,1H3,(H,17,22)(H,19,20,23). The highest BCUT2D eigenvalue weighted by molar-refractivity contribution is 5.72. The van der Waals surface area contributed by atoms with E-state index in [2.05, 4.69) is 30.4 Å². The quantitative estimate of drug-likeness (QED) is 0.650. The fourth-order valence-corrected chi connectivity index (χ4v) is 2.03. The maximum atomic E-state index is 12.2. The molecule has 9 nitrogen and oxygen atoms in total. The average molecular weight is 311 g/mol. The Bertz CT molecular complexity index is 869. The van der Waals surface area contributed by atoms with Gasteiger partial charge in [0.2, 0.25) is 12.4 Å². The minimum Gasteiger partial charge on any atom is -0.323 e. The van der Waals surface area contributed by atoms with Gasteiger partial charge in [0.15, 0.2) is 0 Å². The summed E-state index contributed by atoms with van der Waals surface area (Å²) in [6, 6.07) is 1.71. The molecule has 0 aliphatic heterocycles. The highest BCUT2D eigenvalue weighted by Crippen LogP contribution is 2.12. The van der Waals surface area contributed by atoms with Gasteiger partial charge in [0, 0.05) is 31.2 Å². The van der Waals surface area contributed by atoms with E-state index in [0.29, 0.717) is 17.8 Å². The number of aromatic nitrogens is 6. The average Bonchev–Trinajstić information content (AvgIpc) is 3.07. The van der Waals surface area contributed by atoms with E-state index in [1.165, 1.54) is 4.68 Å². The van der Waals surface area contributed by atoms with Crippen LogP contribution in [0.4, 0.5) is 5.69 Å². The lowest BCUT2D eigenvalue weighted by Gasteiger charge is -2.09. The smallest absolute Gasteiger partial charge is 0.276 e.